The lowest BCUT2D eigenvalue weighted by Gasteiger charge is -2.04. The fraction of sp³-hybridized carbons (Fsp3) is 0.214. The van der Waals surface area contributed by atoms with E-state index >= 15 is 0 Å². The van der Waals surface area contributed by atoms with E-state index in [0.29, 0.717) is 17.7 Å². The van der Waals surface area contributed by atoms with Crippen molar-refractivity contribution in [1.29, 1.82) is 5.26 Å². The number of ketones is 2. The summed E-state index contributed by atoms with van der Waals surface area (Å²) in [5, 5.41) is 8.77. The molecule has 0 aliphatic rings. The first kappa shape index (κ1) is 13.7. The molecule has 0 aliphatic heterocycles. The monoisotopic (exact) mass is 243 g/mol. The van der Waals surface area contributed by atoms with Crippen LogP contribution >= 0.6 is 0 Å². The smallest absolute Gasteiger partial charge is 0.199 e. The van der Waals surface area contributed by atoms with E-state index in [-0.39, 0.29) is 11.4 Å². The van der Waals surface area contributed by atoms with Gasteiger partial charge in [0, 0.05) is 5.56 Å². The standard InChI is InChI=1S/C14H13NO3/c1-3-18-9-13(10(2)16)14(17)12-6-4-5-11(7-12)8-15/h4-7,9H,3H2,1-2H3. The van der Waals surface area contributed by atoms with Crippen molar-refractivity contribution in [2.75, 3.05) is 6.61 Å². The lowest BCUT2D eigenvalue weighted by molar-refractivity contribution is -0.113. The van der Waals surface area contributed by atoms with Crippen LogP contribution in [0.5, 0.6) is 0 Å². The average molecular weight is 243 g/mol. The van der Waals surface area contributed by atoms with Crippen LogP contribution in [0.2, 0.25) is 0 Å². The lowest BCUT2D eigenvalue weighted by Crippen LogP contribution is -2.11. The van der Waals surface area contributed by atoms with Gasteiger partial charge in [-0.05, 0) is 26.0 Å². The van der Waals surface area contributed by atoms with E-state index in [1.54, 1.807) is 25.1 Å². The summed E-state index contributed by atoms with van der Waals surface area (Å²) >= 11 is 0. The molecule has 0 radical (unpaired) electrons. The molecule has 0 bridgehead atoms. The van der Waals surface area contributed by atoms with Crippen molar-refractivity contribution >= 4 is 11.6 Å². The Morgan fingerprint density at radius 3 is 2.72 bits per heavy atom. The maximum Gasteiger partial charge on any atom is 0.199 e. The van der Waals surface area contributed by atoms with E-state index in [1.165, 1.54) is 19.3 Å². The summed E-state index contributed by atoms with van der Waals surface area (Å²) in [5.41, 5.74) is 0.655. The quantitative estimate of drug-likeness (QED) is 0.261. The van der Waals surface area contributed by atoms with Crippen molar-refractivity contribution in [3.05, 3.63) is 47.2 Å². The molecule has 0 saturated carbocycles. The lowest BCUT2D eigenvalue weighted by atomic mass is 10.0. The molecule has 92 valence electrons. The minimum atomic E-state index is -0.437. The summed E-state index contributed by atoms with van der Waals surface area (Å²) in [6, 6.07) is 8.15. The number of rotatable bonds is 5. The van der Waals surface area contributed by atoms with Gasteiger partial charge in [0.1, 0.15) is 0 Å². The molecule has 0 atom stereocenters. The molecular formula is C14H13NO3. The van der Waals surface area contributed by atoms with Gasteiger partial charge < -0.3 is 4.74 Å². The number of ether oxygens (including phenoxy) is 1. The van der Waals surface area contributed by atoms with Crippen LogP contribution in [-0.4, -0.2) is 18.2 Å². The minimum Gasteiger partial charge on any atom is -0.501 e. The van der Waals surface area contributed by atoms with Crippen LogP contribution in [0.4, 0.5) is 0 Å². The van der Waals surface area contributed by atoms with Crippen LogP contribution in [0.15, 0.2) is 36.1 Å². The fourth-order valence-corrected chi connectivity index (χ4v) is 1.35. The molecule has 18 heavy (non-hydrogen) atoms. The van der Waals surface area contributed by atoms with E-state index in [9.17, 15) is 9.59 Å². The Hall–Kier alpha value is -2.41. The molecule has 0 saturated heterocycles. The van der Waals surface area contributed by atoms with Crippen LogP contribution < -0.4 is 0 Å². The molecular weight excluding hydrogens is 230 g/mol. The first-order chi connectivity index (χ1) is 8.60. The zero-order valence-corrected chi connectivity index (χ0v) is 10.3. The third-order valence-corrected chi connectivity index (χ3v) is 2.25. The van der Waals surface area contributed by atoms with Gasteiger partial charge in [-0.2, -0.15) is 5.26 Å². The molecule has 1 aromatic carbocycles. The first-order valence-corrected chi connectivity index (χ1v) is 5.47. The summed E-state index contributed by atoms with van der Waals surface area (Å²) in [7, 11) is 0. The van der Waals surface area contributed by atoms with Crippen molar-refractivity contribution < 1.29 is 14.3 Å². The Labute approximate surface area is 105 Å². The molecule has 0 fully saturated rings. The van der Waals surface area contributed by atoms with Gasteiger partial charge >= 0.3 is 0 Å². The number of Topliss-reactive ketones (excluding diaryl/α,β-unsaturated/α-hetero) is 2. The molecule has 0 unspecified atom stereocenters. The van der Waals surface area contributed by atoms with Gasteiger partial charge in [0.25, 0.3) is 0 Å². The molecule has 0 heterocycles. The number of carbonyl (C=O) groups is 2. The number of benzene rings is 1. The van der Waals surface area contributed by atoms with Gasteiger partial charge in [0.05, 0.1) is 30.1 Å². The SMILES string of the molecule is CCOC=C(C(C)=O)C(=O)c1cccc(C#N)c1. The zero-order chi connectivity index (χ0) is 13.5. The van der Waals surface area contributed by atoms with Gasteiger partial charge in [0.15, 0.2) is 11.6 Å². The summed E-state index contributed by atoms with van der Waals surface area (Å²) in [6.45, 7) is 3.44. The largest absolute Gasteiger partial charge is 0.501 e. The first-order valence-electron chi connectivity index (χ1n) is 5.47. The second-order valence-electron chi connectivity index (χ2n) is 3.56. The predicted molar refractivity (Wildman–Crippen MR) is 65.9 cm³/mol. The van der Waals surface area contributed by atoms with Crippen LogP contribution in [0.3, 0.4) is 0 Å². The molecule has 4 nitrogen and oxygen atoms in total. The second kappa shape index (κ2) is 6.36. The van der Waals surface area contributed by atoms with Crippen LogP contribution in [0.25, 0.3) is 0 Å². The molecule has 0 aromatic heterocycles. The molecule has 0 N–H and O–H groups in total. The van der Waals surface area contributed by atoms with Crippen molar-refractivity contribution in [3.8, 4) is 6.07 Å². The Balaban J connectivity index is 3.10. The van der Waals surface area contributed by atoms with Crippen molar-refractivity contribution in [2.45, 2.75) is 13.8 Å². The normalized spacial score (nSPS) is 10.6. The van der Waals surface area contributed by atoms with Crippen LogP contribution in [-0.2, 0) is 9.53 Å². The van der Waals surface area contributed by atoms with E-state index < -0.39 is 5.78 Å². The molecule has 4 heteroatoms. The predicted octanol–water partition coefficient (Wildman–Crippen LogP) is 2.25. The molecule has 1 aromatic rings. The Morgan fingerprint density at radius 2 is 2.17 bits per heavy atom. The molecule has 0 spiro atoms. The number of carbonyl (C=O) groups excluding carboxylic acids is 2. The fourth-order valence-electron chi connectivity index (χ4n) is 1.35. The van der Waals surface area contributed by atoms with Crippen molar-refractivity contribution in [3.63, 3.8) is 0 Å². The Morgan fingerprint density at radius 1 is 1.44 bits per heavy atom. The highest BCUT2D eigenvalue weighted by atomic mass is 16.5. The minimum absolute atomic E-state index is 0.0214. The van der Waals surface area contributed by atoms with E-state index in [0.717, 1.165) is 0 Å². The Bertz CT molecular complexity index is 538. The average Bonchev–Trinajstić information content (AvgIpc) is 2.38. The van der Waals surface area contributed by atoms with Crippen molar-refractivity contribution in [2.24, 2.45) is 0 Å². The zero-order valence-electron chi connectivity index (χ0n) is 10.3. The van der Waals surface area contributed by atoms with Gasteiger partial charge in [0.2, 0.25) is 0 Å². The van der Waals surface area contributed by atoms with Crippen LogP contribution in [0.1, 0.15) is 29.8 Å². The topological polar surface area (TPSA) is 67.2 Å². The number of nitrogens with zero attached hydrogens (tertiary/aromatic N) is 1. The van der Waals surface area contributed by atoms with Crippen LogP contribution in [0, 0.1) is 11.3 Å². The van der Waals surface area contributed by atoms with E-state index in [2.05, 4.69) is 0 Å². The highest BCUT2D eigenvalue weighted by molar-refractivity contribution is 6.25. The van der Waals surface area contributed by atoms with Gasteiger partial charge in [-0.3, -0.25) is 9.59 Å². The third kappa shape index (κ3) is 3.29. The highest BCUT2D eigenvalue weighted by Gasteiger charge is 2.17. The second-order valence-corrected chi connectivity index (χ2v) is 3.56. The highest BCUT2D eigenvalue weighted by Crippen LogP contribution is 2.11. The van der Waals surface area contributed by atoms with Crippen molar-refractivity contribution in [1.82, 2.24) is 0 Å². The van der Waals surface area contributed by atoms with E-state index in [1.807, 2.05) is 6.07 Å². The molecule has 1 rings (SSSR count). The summed E-state index contributed by atoms with van der Waals surface area (Å²) in [6.07, 6.45) is 1.17. The van der Waals surface area contributed by atoms with Gasteiger partial charge in [-0.25, -0.2) is 0 Å². The summed E-state index contributed by atoms with van der Waals surface area (Å²) in [4.78, 5) is 23.5. The number of allylic oxidation sites excluding steroid dienone is 1. The molecule has 0 aliphatic carbocycles. The Kier molecular flexibility index (Phi) is 4.82. The molecule has 0 amide bonds. The van der Waals surface area contributed by atoms with E-state index in [4.69, 9.17) is 10.00 Å². The van der Waals surface area contributed by atoms with Gasteiger partial charge in [-0.15, -0.1) is 0 Å². The number of nitriles is 1. The number of hydrogen-bond donors (Lipinski definition) is 0. The summed E-state index contributed by atoms with van der Waals surface area (Å²) < 4.78 is 4.99. The maximum atomic E-state index is 12.1. The maximum absolute atomic E-state index is 12.1. The van der Waals surface area contributed by atoms with Gasteiger partial charge in [-0.1, -0.05) is 12.1 Å². The number of hydrogen-bond acceptors (Lipinski definition) is 4. The third-order valence-electron chi connectivity index (χ3n) is 2.25. The summed E-state index contributed by atoms with van der Waals surface area (Å²) in [5.74, 6) is -0.802.